The summed E-state index contributed by atoms with van der Waals surface area (Å²) in [4.78, 5) is 9.94. The zero-order valence-corrected chi connectivity index (χ0v) is 21.2. The van der Waals surface area contributed by atoms with E-state index in [9.17, 15) is 0 Å². The minimum atomic E-state index is 0. The predicted octanol–water partition coefficient (Wildman–Crippen LogP) is 7.35. The molecule has 3 heterocycles. The fourth-order valence-corrected chi connectivity index (χ4v) is 5.49. The van der Waals surface area contributed by atoms with Crippen molar-refractivity contribution in [1.29, 1.82) is 0 Å². The minimum Gasteiger partial charge on any atom is -0.338 e. The van der Waals surface area contributed by atoms with Crippen LogP contribution in [0.5, 0.6) is 0 Å². The molecule has 5 aromatic rings. The first-order valence-electron chi connectivity index (χ1n) is 10.4. The smallest absolute Gasteiger partial charge is 0.0896 e. The normalized spacial score (nSPS) is 11.5. The number of hydrogen-bond donors (Lipinski definition) is 0. The molecule has 5 heteroatoms. The van der Waals surface area contributed by atoms with Gasteiger partial charge in [0, 0.05) is 42.6 Å². The molecule has 2 aromatic carbocycles. The summed E-state index contributed by atoms with van der Waals surface area (Å²) in [7, 11) is 0. The quantitative estimate of drug-likeness (QED) is 0.202. The molecular weight excluding hydrogens is 579 g/mol. The second-order valence-corrected chi connectivity index (χ2v) is 9.29. The number of aromatic nitrogens is 3. The monoisotopic (exact) mass is 603 g/mol. The van der Waals surface area contributed by atoms with Gasteiger partial charge in [-0.1, -0.05) is 45.9 Å². The summed E-state index contributed by atoms with van der Waals surface area (Å²) in [5.74, 6) is 1.54. The molecule has 0 saturated carbocycles. The number of benzene rings is 2. The van der Waals surface area contributed by atoms with E-state index in [0.29, 0.717) is 5.92 Å². The molecule has 0 bridgehead atoms. The van der Waals surface area contributed by atoms with Crippen LogP contribution in [0.2, 0.25) is 0 Å². The molecule has 0 amide bonds. The Morgan fingerprint density at radius 2 is 1.74 bits per heavy atom. The molecule has 5 rings (SSSR count). The van der Waals surface area contributed by atoms with Crippen molar-refractivity contribution in [2.24, 2.45) is 0 Å². The van der Waals surface area contributed by atoms with Crippen molar-refractivity contribution in [3.05, 3.63) is 78.2 Å². The largest absolute Gasteiger partial charge is 0.338 e. The van der Waals surface area contributed by atoms with E-state index < -0.39 is 0 Å². The Morgan fingerprint density at radius 1 is 0.968 bits per heavy atom. The molecule has 3 nitrogen and oxygen atoms in total. The third-order valence-electron chi connectivity index (χ3n) is 5.50. The molecular formula is C26H24IrN3S-. The number of rotatable bonds is 4. The van der Waals surface area contributed by atoms with Crippen molar-refractivity contribution in [1.82, 2.24) is 14.5 Å². The zero-order chi connectivity index (χ0) is 20.8. The number of pyridine rings is 1. The van der Waals surface area contributed by atoms with Crippen LogP contribution in [0.4, 0.5) is 0 Å². The number of imidazole rings is 1. The molecule has 159 valence electrons. The van der Waals surface area contributed by atoms with Crippen molar-refractivity contribution >= 4 is 31.6 Å². The predicted molar refractivity (Wildman–Crippen MR) is 127 cm³/mol. The van der Waals surface area contributed by atoms with Gasteiger partial charge >= 0.3 is 0 Å². The van der Waals surface area contributed by atoms with Crippen LogP contribution in [0, 0.1) is 6.07 Å². The maximum absolute atomic E-state index is 5.25. The standard InChI is InChI=1S/C26H24N3S.Ir/c1-16(2)21-24(29-15-14-27-26(29)18-10-6-5-7-11-18)22(17(3)4)28-23-19-12-8-9-13-20(19)30-25(21)23;/h5-10,12-17H,1-4H3;/q-1;. The molecule has 0 spiro atoms. The maximum Gasteiger partial charge on any atom is 0.0896 e. The van der Waals surface area contributed by atoms with Crippen molar-refractivity contribution in [2.45, 2.75) is 39.5 Å². The first-order chi connectivity index (χ1) is 14.6. The SMILES string of the molecule is CC(C)c1nc2c(sc3ccccc32)c(C(C)C)c1-n1ccnc1-c1[c-]cccc1.[Ir]. The van der Waals surface area contributed by atoms with Gasteiger partial charge < -0.3 is 4.57 Å². The van der Waals surface area contributed by atoms with Crippen molar-refractivity contribution < 1.29 is 20.1 Å². The van der Waals surface area contributed by atoms with Crippen molar-refractivity contribution in [3.8, 4) is 17.1 Å². The van der Waals surface area contributed by atoms with E-state index in [1.807, 2.05) is 35.7 Å². The summed E-state index contributed by atoms with van der Waals surface area (Å²) in [6.07, 6.45) is 3.93. The molecule has 3 aromatic heterocycles. The third kappa shape index (κ3) is 3.65. The molecule has 0 aliphatic carbocycles. The van der Waals surface area contributed by atoms with Crippen LogP contribution in [-0.2, 0) is 20.1 Å². The summed E-state index contributed by atoms with van der Waals surface area (Å²) in [6.45, 7) is 9.00. The molecule has 0 fully saturated rings. The molecule has 0 aliphatic heterocycles. The Hall–Kier alpha value is -2.33. The molecule has 0 atom stereocenters. The summed E-state index contributed by atoms with van der Waals surface area (Å²) < 4.78 is 4.78. The van der Waals surface area contributed by atoms with Gasteiger partial charge in [0.05, 0.1) is 27.4 Å². The van der Waals surface area contributed by atoms with Crippen molar-refractivity contribution in [2.75, 3.05) is 0 Å². The van der Waals surface area contributed by atoms with Crippen molar-refractivity contribution in [3.63, 3.8) is 0 Å². The zero-order valence-electron chi connectivity index (χ0n) is 18.0. The third-order valence-corrected chi connectivity index (χ3v) is 6.69. The first-order valence-corrected chi connectivity index (χ1v) is 11.2. The molecule has 0 unspecified atom stereocenters. The van der Waals surface area contributed by atoms with Gasteiger partial charge in [-0.2, -0.15) is 0 Å². The van der Waals surface area contributed by atoms with Crippen LogP contribution in [-0.4, -0.2) is 14.5 Å². The second kappa shape index (κ2) is 8.66. The van der Waals surface area contributed by atoms with Gasteiger partial charge in [-0.3, -0.25) is 4.98 Å². The van der Waals surface area contributed by atoms with Crippen LogP contribution in [0.15, 0.2) is 60.9 Å². The topological polar surface area (TPSA) is 30.7 Å². The van der Waals surface area contributed by atoms with Gasteiger partial charge in [0.2, 0.25) is 0 Å². The Kier molecular flexibility index (Phi) is 6.11. The molecule has 31 heavy (non-hydrogen) atoms. The number of nitrogens with zero attached hydrogens (tertiary/aromatic N) is 3. The van der Waals surface area contributed by atoms with E-state index in [1.54, 1.807) is 0 Å². The summed E-state index contributed by atoms with van der Waals surface area (Å²) in [5, 5.41) is 1.25. The van der Waals surface area contributed by atoms with E-state index in [4.69, 9.17) is 9.97 Å². The van der Waals surface area contributed by atoms with Gasteiger partial charge in [0.1, 0.15) is 0 Å². The van der Waals surface area contributed by atoms with Gasteiger partial charge in [-0.25, -0.2) is 4.98 Å². The van der Waals surface area contributed by atoms with Crippen LogP contribution >= 0.6 is 11.3 Å². The number of thiophene rings is 1. The van der Waals surface area contributed by atoms with E-state index in [2.05, 4.69) is 74.9 Å². The van der Waals surface area contributed by atoms with Gasteiger partial charge in [-0.15, -0.1) is 47.2 Å². The molecule has 0 N–H and O–H groups in total. The fourth-order valence-electron chi connectivity index (χ4n) is 4.15. The van der Waals surface area contributed by atoms with E-state index in [1.165, 1.54) is 26.0 Å². The van der Waals surface area contributed by atoms with Crippen LogP contribution in [0.25, 0.3) is 37.4 Å². The van der Waals surface area contributed by atoms with Crippen LogP contribution < -0.4 is 0 Å². The Morgan fingerprint density at radius 3 is 2.45 bits per heavy atom. The van der Waals surface area contributed by atoms with Crippen LogP contribution in [0.1, 0.15) is 50.8 Å². The molecule has 0 aliphatic rings. The second-order valence-electron chi connectivity index (χ2n) is 8.24. The number of hydrogen-bond acceptors (Lipinski definition) is 3. The summed E-state index contributed by atoms with van der Waals surface area (Å²) >= 11 is 1.85. The molecule has 0 saturated heterocycles. The average Bonchev–Trinajstić information content (AvgIpc) is 3.37. The summed E-state index contributed by atoms with van der Waals surface area (Å²) in [5.41, 5.74) is 5.75. The average molecular weight is 603 g/mol. The maximum atomic E-state index is 5.25. The first kappa shape index (κ1) is 21.9. The van der Waals surface area contributed by atoms with E-state index in [0.717, 1.165) is 22.6 Å². The van der Waals surface area contributed by atoms with Gasteiger partial charge in [-0.05, 0) is 23.5 Å². The van der Waals surface area contributed by atoms with Gasteiger partial charge in [0.15, 0.2) is 0 Å². The Labute approximate surface area is 200 Å². The van der Waals surface area contributed by atoms with Gasteiger partial charge in [0.25, 0.3) is 0 Å². The van der Waals surface area contributed by atoms with E-state index in [-0.39, 0.29) is 26.0 Å². The Bertz CT molecular complexity index is 1350. The van der Waals surface area contributed by atoms with Crippen LogP contribution in [0.3, 0.4) is 0 Å². The van der Waals surface area contributed by atoms with E-state index >= 15 is 0 Å². The molecule has 1 radical (unpaired) electrons. The minimum absolute atomic E-state index is 0. The fraction of sp³-hybridized carbons (Fsp3) is 0.231. The Balaban J connectivity index is 0.00000231. The number of fused-ring (bicyclic) bond motifs is 3. The summed E-state index contributed by atoms with van der Waals surface area (Å²) in [6, 6.07) is 20.0.